The van der Waals surface area contributed by atoms with Gasteiger partial charge in [0.1, 0.15) is 17.8 Å². The Morgan fingerprint density at radius 1 is 1.19 bits per heavy atom. The Balaban J connectivity index is 1.15. The summed E-state index contributed by atoms with van der Waals surface area (Å²) in [5.74, 6) is 0.520. The first kappa shape index (κ1) is 22.6. The molecule has 1 fully saturated rings. The third-order valence-corrected chi connectivity index (χ3v) is 6.13. The maximum absolute atomic E-state index is 12.5. The zero-order chi connectivity index (χ0) is 22.2. The van der Waals surface area contributed by atoms with Crippen molar-refractivity contribution >= 4 is 11.7 Å². The number of anilines is 1. The topological polar surface area (TPSA) is 88.6 Å². The minimum absolute atomic E-state index is 0.158. The van der Waals surface area contributed by atoms with Gasteiger partial charge in [-0.05, 0) is 36.8 Å². The summed E-state index contributed by atoms with van der Waals surface area (Å²) in [6.45, 7) is 4.91. The van der Waals surface area contributed by atoms with Crippen LogP contribution < -0.4 is 10.6 Å². The third-order valence-electron chi connectivity index (χ3n) is 6.13. The van der Waals surface area contributed by atoms with E-state index >= 15 is 0 Å². The Morgan fingerprint density at radius 2 is 2.03 bits per heavy atom. The van der Waals surface area contributed by atoms with E-state index < -0.39 is 0 Å². The van der Waals surface area contributed by atoms with Crippen LogP contribution in [0, 0.1) is 0 Å². The Labute approximate surface area is 189 Å². The number of ether oxygens (including phenoxy) is 2. The van der Waals surface area contributed by atoms with Crippen LogP contribution in [-0.2, 0) is 22.4 Å². The van der Waals surface area contributed by atoms with E-state index in [0.717, 1.165) is 45.3 Å². The summed E-state index contributed by atoms with van der Waals surface area (Å²) in [5, 5.41) is 6.35. The molecule has 2 aliphatic rings. The first-order valence-electron chi connectivity index (χ1n) is 11.5. The number of hydrogen-bond donors (Lipinski definition) is 2. The Hall–Kier alpha value is -2.55. The van der Waals surface area contributed by atoms with E-state index in [0.29, 0.717) is 37.3 Å². The predicted molar refractivity (Wildman–Crippen MR) is 123 cm³/mol. The molecule has 2 heterocycles. The molecule has 1 aromatic heterocycles. The maximum Gasteiger partial charge on any atom is 0.270 e. The molecule has 0 atom stereocenters. The van der Waals surface area contributed by atoms with Crippen LogP contribution in [0.15, 0.2) is 36.7 Å². The number of hydrogen-bond acceptors (Lipinski definition) is 7. The molecule has 2 N–H and O–H groups in total. The molecule has 0 radical (unpaired) electrons. The van der Waals surface area contributed by atoms with Gasteiger partial charge in [-0.1, -0.05) is 24.3 Å². The summed E-state index contributed by atoms with van der Waals surface area (Å²) in [6.07, 6.45) is 5.57. The van der Waals surface area contributed by atoms with E-state index in [2.05, 4.69) is 49.8 Å². The van der Waals surface area contributed by atoms with Crippen molar-refractivity contribution in [1.82, 2.24) is 20.2 Å². The number of methoxy groups -OCH3 is 1. The van der Waals surface area contributed by atoms with E-state index in [-0.39, 0.29) is 12.0 Å². The summed E-state index contributed by atoms with van der Waals surface area (Å²) in [4.78, 5) is 23.3. The van der Waals surface area contributed by atoms with E-state index in [1.54, 1.807) is 13.2 Å². The second kappa shape index (κ2) is 11.4. The Morgan fingerprint density at radius 3 is 2.88 bits per heavy atom. The highest BCUT2D eigenvalue weighted by Crippen LogP contribution is 2.26. The zero-order valence-corrected chi connectivity index (χ0v) is 18.8. The largest absolute Gasteiger partial charge is 0.382 e. The minimum atomic E-state index is -0.158. The quantitative estimate of drug-likeness (QED) is 0.519. The fourth-order valence-electron chi connectivity index (χ4n) is 4.23. The van der Waals surface area contributed by atoms with Gasteiger partial charge in [-0.15, -0.1) is 0 Å². The summed E-state index contributed by atoms with van der Waals surface area (Å²) in [7, 11) is 1.67. The number of aromatic nitrogens is 2. The van der Waals surface area contributed by atoms with Crippen molar-refractivity contribution in [1.29, 1.82) is 0 Å². The van der Waals surface area contributed by atoms with Crippen LogP contribution >= 0.6 is 0 Å². The molecule has 8 nitrogen and oxygen atoms in total. The molecule has 1 amide bonds. The minimum Gasteiger partial charge on any atom is -0.382 e. The number of nitrogens with one attached hydrogen (secondary N) is 2. The first-order valence-corrected chi connectivity index (χ1v) is 11.5. The molecule has 0 spiro atoms. The van der Waals surface area contributed by atoms with Crippen molar-refractivity contribution < 1.29 is 14.3 Å². The molecule has 2 aromatic rings. The summed E-state index contributed by atoms with van der Waals surface area (Å²) in [6, 6.07) is 10.7. The van der Waals surface area contributed by atoms with E-state index in [4.69, 9.17) is 9.47 Å². The van der Waals surface area contributed by atoms with Gasteiger partial charge in [0, 0.05) is 45.4 Å². The number of amides is 1. The van der Waals surface area contributed by atoms with Crippen LogP contribution in [0.4, 0.5) is 5.82 Å². The van der Waals surface area contributed by atoms with Gasteiger partial charge in [-0.2, -0.15) is 0 Å². The Bertz CT molecular complexity index is 887. The van der Waals surface area contributed by atoms with Gasteiger partial charge in [0.2, 0.25) is 0 Å². The molecular formula is C24H33N5O3. The molecule has 172 valence electrons. The molecule has 0 unspecified atom stereocenters. The van der Waals surface area contributed by atoms with Crippen molar-refractivity contribution in [2.24, 2.45) is 0 Å². The van der Waals surface area contributed by atoms with Gasteiger partial charge in [-0.25, -0.2) is 9.97 Å². The average molecular weight is 440 g/mol. The number of fused-ring (bicyclic) bond motifs is 1. The molecular weight excluding hydrogens is 406 g/mol. The summed E-state index contributed by atoms with van der Waals surface area (Å²) in [5.41, 5.74) is 3.27. The van der Waals surface area contributed by atoms with Crippen LogP contribution in [0.1, 0.15) is 40.9 Å². The van der Waals surface area contributed by atoms with Crippen LogP contribution in [0.25, 0.3) is 0 Å². The van der Waals surface area contributed by atoms with Crippen LogP contribution in [0.3, 0.4) is 0 Å². The van der Waals surface area contributed by atoms with Crippen molar-refractivity contribution in [3.8, 4) is 0 Å². The Kier molecular flexibility index (Phi) is 8.03. The standard InChI is InChI=1S/C24H33N5O3/c1-31-11-12-32-21-13-20(14-21)28-23-15-22(26-17-27-23)24(30)25-8-4-9-29-10-7-18-5-2-3-6-19(18)16-29/h2-3,5-6,15,17,20-21H,4,7-14,16H2,1H3,(H,25,30)(H,26,27,28). The molecule has 4 rings (SSSR count). The average Bonchev–Trinajstić information content (AvgIpc) is 2.80. The number of carbonyl (C=O) groups excluding carboxylic acids is 1. The maximum atomic E-state index is 12.5. The lowest BCUT2D eigenvalue weighted by Gasteiger charge is -2.35. The molecule has 1 aliphatic heterocycles. The van der Waals surface area contributed by atoms with Gasteiger partial charge in [0.05, 0.1) is 19.3 Å². The van der Waals surface area contributed by atoms with Crippen molar-refractivity contribution in [2.45, 2.75) is 44.4 Å². The highest BCUT2D eigenvalue weighted by atomic mass is 16.5. The van der Waals surface area contributed by atoms with Crippen LogP contribution in [-0.4, -0.2) is 72.9 Å². The van der Waals surface area contributed by atoms with Crippen LogP contribution in [0.2, 0.25) is 0 Å². The normalized spacial score (nSPS) is 20.3. The molecule has 8 heteroatoms. The van der Waals surface area contributed by atoms with E-state index in [9.17, 15) is 4.79 Å². The fourth-order valence-corrected chi connectivity index (χ4v) is 4.23. The molecule has 1 aliphatic carbocycles. The third kappa shape index (κ3) is 6.25. The molecule has 1 saturated carbocycles. The second-order valence-electron chi connectivity index (χ2n) is 8.49. The van der Waals surface area contributed by atoms with Gasteiger partial charge < -0.3 is 20.1 Å². The first-order chi connectivity index (χ1) is 15.7. The van der Waals surface area contributed by atoms with Crippen molar-refractivity contribution in [3.63, 3.8) is 0 Å². The van der Waals surface area contributed by atoms with Crippen LogP contribution in [0.5, 0.6) is 0 Å². The number of rotatable bonds is 11. The summed E-state index contributed by atoms with van der Waals surface area (Å²) < 4.78 is 10.7. The highest BCUT2D eigenvalue weighted by Gasteiger charge is 2.30. The van der Waals surface area contributed by atoms with Gasteiger partial charge >= 0.3 is 0 Å². The monoisotopic (exact) mass is 439 g/mol. The molecule has 0 bridgehead atoms. The molecule has 32 heavy (non-hydrogen) atoms. The lowest BCUT2D eigenvalue weighted by atomic mass is 9.89. The molecule has 0 saturated heterocycles. The lowest BCUT2D eigenvalue weighted by Crippen LogP contribution is -2.41. The molecule has 1 aromatic carbocycles. The van der Waals surface area contributed by atoms with Crippen molar-refractivity contribution in [2.75, 3.05) is 45.3 Å². The van der Waals surface area contributed by atoms with E-state index in [1.165, 1.54) is 17.5 Å². The fraction of sp³-hybridized carbons (Fsp3) is 0.542. The smallest absolute Gasteiger partial charge is 0.270 e. The van der Waals surface area contributed by atoms with Gasteiger partial charge in [0.25, 0.3) is 5.91 Å². The lowest BCUT2D eigenvalue weighted by molar-refractivity contribution is -0.0261. The van der Waals surface area contributed by atoms with E-state index in [1.807, 2.05) is 0 Å². The number of carbonyl (C=O) groups is 1. The van der Waals surface area contributed by atoms with Crippen molar-refractivity contribution in [3.05, 3.63) is 53.5 Å². The number of benzene rings is 1. The summed E-state index contributed by atoms with van der Waals surface area (Å²) >= 11 is 0. The highest BCUT2D eigenvalue weighted by molar-refractivity contribution is 5.92. The number of nitrogens with zero attached hydrogens (tertiary/aromatic N) is 3. The second-order valence-corrected chi connectivity index (χ2v) is 8.49. The zero-order valence-electron chi connectivity index (χ0n) is 18.8. The predicted octanol–water partition coefficient (Wildman–Crippen LogP) is 2.26. The van der Waals surface area contributed by atoms with Gasteiger partial charge in [0.15, 0.2) is 0 Å². The van der Waals surface area contributed by atoms with Gasteiger partial charge in [-0.3, -0.25) is 9.69 Å². The SMILES string of the molecule is COCCOC1CC(Nc2cc(C(=O)NCCCN3CCc4ccccc4C3)ncn2)C1.